The molecular formula is C21H19N5O3. The second-order valence-corrected chi connectivity index (χ2v) is 6.63. The van der Waals surface area contributed by atoms with E-state index in [2.05, 4.69) is 20.5 Å². The van der Waals surface area contributed by atoms with Crippen molar-refractivity contribution in [2.75, 3.05) is 13.1 Å². The molecule has 8 heteroatoms. The van der Waals surface area contributed by atoms with E-state index in [9.17, 15) is 14.4 Å². The molecule has 0 saturated carbocycles. The lowest BCUT2D eigenvalue weighted by atomic mass is 10.1. The van der Waals surface area contributed by atoms with Gasteiger partial charge in [0.2, 0.25) is 0 Å². The summed E-state index contributed by atoms with van der Waals surface area (Å²) >= 11 is 0. The molecule has 1 aromatic heterocycles. The number of fused-ring (bicyclic) bond motifs is 1. The maximum absolute atomic E-state index is 12.4. The van der Waals surface area contributed by atoms with E-state index in [1.54, 1.807) is 36.4 Å². The van der Waals surface area contributed by atoms with Crippen molar-refractivity contribution in [2.45, 2.75) is 12.8 Å². The molecular weight excluding hydrogens is 370 g/mol. The smallest absolute Gasteiger partial charge is 0.261 e. The first-order valence-corrected chi connectivity index (χ1v) is 9.32. The van der Waals surface area contributed by atoms with E-state index >= 15 is 0 Å². The number of hydrogen-bond donors (Lipinski definition) is 2. The molecule has 29 heavy (non-hydrogen) atoms. The predicted molar refractivity (Wildman–Crippen MR) is 104 cm³/mol. The van der Waals surface area contributed by atoms with E-state index in [0.29, 0.717) is 47.7 Å². The first-order valence-electron chi connectivity index (χ1n) is 9.32. The van der Waals surface area contributed by atoms with Crippen LogP contribution in [0.2, 0.25) is 0 Å². The van der Waals surface area contributed by atoms with Crippen LogP contribution in [0.15, 0.2) is 54.6 Å². The van der Waals surface area contributed by atoms with E-state index in [1.165, 1.54) is 4.90 Å². The van der Waals surface area contributed by atoms with Crippen LogP contribution in [0.5, 0.6) is 0 Å². The van der Waals surface area contributed by atoms with Crippen molar-refractivity contribution in [3.05, 3.63) is 82.9 Å². The SMILES string of the molecule is O=C(NCCc1nc(CCN2C(=O)c3ccccc3C2=O)n[nH]1)c1ccccc1. The van der Waals surface area contributed by atoms with Crippen LogP contribution < -0.4 is 5.32 Å². The van der Waals surface area contributed by atoms with Gasteiger partial charge in [-0.25, -0.2) is 4.98 Å². The summed E-state index contributed by atoms with van der Waals surface area (Å²) in [6.45, 7) is 0.634. The molecule has 0 aliphatic carbocycles. The summed E-state index contributed by atoms with van der Waals surface area (Å²) in [7, 11) is 0. The van der Waals surface area contributed by atoms with E-state index in [-0.39, 0.29) is 24.3 Å². The number of nitrogens with one attached hydrogen (secondary N) is 2. The number of rotatable bonds is 7. The fraction of sp³-hybridized carbons (Fsp3) is 0.190. The molecule has 0 bridgehead atoms. The van der Waals surface area contributed by atoms with E-state index in [4.69, 9.17) is 0 Å². The Hall–Kier alpha value is -3.81. The molecule has 1 aliphatic rings. The molecule has 3 aromatic rings. The van der Waals surface area contributed by atoms with E-state index < -0.39 is 0 Å². The molecule has 0 spiro atoms. The Morgan fingerprint density at radius 3 is 2.28 bits per heavy atom. The zero-order valence-electron chi connectivity index (χ0n) is 15.6. The number of aromatic amines is 1. The minimum atomic E-state index is -0.287. The van der Waals surface area contributed by atoms with Crippen LogP contribution in [0.1, 0.15) is 42.7 Å². The molecule has 146 valence electrons. The van der Waals surface area contributed by atoms with Crippen LogP contribution >= 0.6 is 0 Å². The molecule has 8 nitrogen and oxygen atoms in total. The first kappa shape index (κ1) is 18.5. The maximum Gasteiger partial charge on any atom is 0.261 e. The molecule has 0 fully saturated rings. The highest BCUT2D eigenvalue weighted by atomic mass is 16.2. The third kappa shape index (κ3) is 3.91. The van der Waals surface area contributed by atoms with Gasteiger partial charge < -0.3 is 5.32 Å². The average molecular weight is 389 g/mol. The van der Waals surface area contributed by atoms with Crippen LogP contribution in [0.3, 0.4) is 0 Å². The highest BCUT2D eigenvalue weighted by Gasteiger charge is 2.34. The summed E-state index contributed by atoms with van der Waals surface area (Å²) in [5.41, 5.74) is 1.47. The minimum Gasteiger partial charge on any atom is -0.352 e. The molecule has 0 radical (unpaired) electrons. The topological polar surface area (TPSA) is 108 Å². The fourth-order valence-corrected chi connectivity index (χ4v) is 3.20. The summed E-state index contributed by atoms with van der Waals surface area (Å²) in [5, 5.41) is 9.80. The standard InChI is InChI=1S/C21H19N5O3/c27-19(14-6-2-1-3-7-14)22-12-10-17-23-18(25-24-17)11-13-26-20(28)15-8-4-5-9-16(15)21(26)29/h1-9H,10-13H2,(H,22,27)(H,23,24,25). The Bertz CT molecular complexity index is 1030. The second kappa shape index (κ2) is 8.05. The lowest BCUT2D eigenvalue weighted by molar-refractivity contribution is 0.0655. The van der Waals surface area contributed by atoms with Gasteiger partial charge in [-0.3, -0.25) is 24.4 Å². The number of carbonyl (C=O) groups is 3. The van der Waals surface area contributed by atoms with Gasteiger partial charge in [0.25, 0.3) is 17.7 Å². The van der Waals surface area contributed by atoms with Crippen LogP contribution in [0, 0.1) is 0 Å². The Morgan fingerprint density at radius 2 is 1.59 bits per heavy atom. The molecule has 0 unspecified atom stereocenters. The summed E-state index contributed by atoms with van der Waals surface area (Å²) in [6, 6.07) is 15.8. The summed E-state index contributed by atoms with van der Waals surface area (Å²) in [5.74, 6) is 0.438. The van der Waals surface area contributed by atoms with Gasteiger partial charge in [0, 0.05) is 31.5 Å². The zero-order valence-corrected chi connectivity index (χ0v) is 15.6. The van der Waals surface area contributed by atoms with Gasteiger partial charge in [0.05, 0.1) is 11.1 Å². The molecule has 0 atom stereocenters. The monoisotopic (exact) mass is 389 g/mol. The lowest BCUT2D eigenvalue weighted by Crippen LogP contribution is -2.32. The largest absolute Gasteiger partial charge is 0.352 e. The Labute approximate surface area is 167 Å². The summed E-state index contributed by atoms with van der Waals surface area (Å²) in [4.78, 5) is 42.4. The van der Waals surface area contributed by atoms with Crippen molar-refractivity contribution in [3.8, 4) is 0 Å². The number of amides is 3. The van der Waals surface area contributed by atoms with Gasteiger partial charge in [-0.2, -0.15) is 5.10 Å². The third-order valence-electron chi connectivity index (χ3n) is 4.70. The Balaban J connectivity index is 1.27. The van der Waals surface area contributed by atoms with Crippen molar-refractivity contribution in [2.24, 2.45) is 0 Å². The summed E-state index contributed by atoms with van der Waals surface area (Å²) in [6.07, 6.45) is 0.858. The van der Waals surface area contributed by atoms with Crippen molar-refractivity contribution in [1.29, 1.82) is 0 Å². The van der Waals surface area contributed by atoms with Crippen molar-refractivity contribution < 1.29 is 14.4 Å². The normalized spacial score (nSPS) is 12.9. The highest BCUT2D eigenvalue weighted by molar-refractivity contribution is 6.21. The Kier molecular flexibility index (Phi) is 5.15. The molecule has 4 rings (SSSR count). The van der Waals surface area contributed by atoms with Crippen LogP contribution in [0.4, 0.5) is 0 Å². The highest BCUT2D eigenvalue weighted by Crippen LogP contribution is 2.22. The molecule has 0 saturated heterocycles. The number of nitrogens with zero attached hydrogens (tertiary/aromatic N) is 3. The van der Waals surface area contributed by atoms with Crippen molar-refractivity contribution >= 4 is 17.7 Å². The van der Waals surface area contributed by atoms with E-state index in [0.717, 1.165) is 0 Å². The quantitative estimate of drug-likeness (QED) is 0.597. The second-order valence-electron chi connectivity index (χ2n) is 6.63. The molecule has 2 aromatic carbocycles. The number of carbonyl (C=O) groups excluding carboxylic acids is 3. The van der Waals surface area contributed by atoms with Crippen molar-refractivity contribution in [1.82, 2.24) is 25.4 Å². The van der Waals surface area contributed by atoms with Gasteiger partial charge in [0.1, 0.15) is 5.82 Å². The molecule has 3 amide bonds. The maximum atomic E-state index is 12.4. The number of H-pyrrole nitrogens is 1. The van der Waals surface area contributed by atoms with Gasteiger partial charge in [-0.15, -0.1) is 0 Å². The van der Waals surface area contributed by atoms with Gasteiger partial charge >= 0.3 is 0 Å². The first-order chi connectivity index (χ1) is 14.1. The predicted octanol–water partition coefficient (Wildman–Crippen LogP) is 1.62. The number of aromatic nitrogens is 3. The zero-order chi connectivity index (χ0) is 20.2. The number of imide groups is 1. The number of benzene rings is 2. The Morgan fingerprint density at radius 1 is 0.931 bits per heavy atom. The fourth-order valence-electron chi connectivity index (χ4n) is 3.20. The average Bonchev–Trinajstić information content (AvgIpc) is 3.30. The third-order valence-corrected chi connectivity index (χ3v) is 4.70. The van der Waals surface area contributed by atoms with Crippen LogP contribution in [-0.4, -0.2) is 50.9 Å². The lowest BCUT2D eigenvalue weighted by Gasteiger charge is -2.11. The van der Waals surface area contributed by atoms with Crippen LogP contribution in [-0.2, 0) is 12.8 Å². The number of hydrogen-bond acceptors (Lipinski definition) is 5. The van der Waals surface area contributed by atoms with Gasteiger partial charge in [-0.1, -0.05) is 30.3 Å². The van der Waals surface area contributed by atoms with Crippen LogP contribution in [0.25, 0.3) is 0 Å². The minimum absolute atomic E-state index is 0.143. The molecule has 1 aliphatic heterocycles. The van der Waals surface area contributed by atoms with Gasteiger partial charge in [-0.05, 0) is 24.3 Å². The molecule has 2 heterocycles. The van der Waals surface area contributed by atoms with Crippen molar-refractivity contribution in [3.63, 3.8) is 0 Å². The van der Waals surface area contributed by atoms with E-state index in [1.807, 2.05) is 18.2 Å². The molecule has 2 N–H and O–H groups in total. The summed E-state index contributed by atoms with van der Waals surface area (Å²) < 4.78 is 0. The van der Waals surface area contributed by atoms with Gasteiger partial charge in [0.15, 0.2) is 5.82 Å².